The highest BCUT2D eigenvalue weighted by Gasteiger charge is 2.30. The Morgan fingerprint density at radius 3 is 2.26 bits per heavy atom. The third kappa shape index (κ3) is 4.67. The van der Waals surface area contributed by atoms with Gasteiger partial charge in [0, 0.05) is 30.1 Å². The molecule has 0 fully saturated rings. The van der Waals surface area contributed by atoms with Crippen LogP contribution in [0.15, 0.2) is 59.2 Å². The van der Waals surface area contributed by atoms with Gasteiger partial charge in [0.25, 0.3) is 0 Å². The van der Waals surface area contributed by atoms with Crippen LogP contribution in [0.25, 0.3) is 4.91 Å². The van der Waals surface area contributed by atoms with Gasteiger partial charge in [0.1, 0.15) is 0 Å². The van der Waals surface area contributed by atoms with Gasteiger partial charge in [0.05, 0.1) is 0 Å². The average Bonchev–Trinajstić information content (AvgIpc) is 2.94. The van der Waals surface area contributed by atoms with E-state index in [0.29, 0.717) is 0 Å². The van der Waals surface area contributed by atoms with E-state index in [-0.39, 0.29) is 17.0 Å². The van der Waals surface area contributed by atoms with E-state index in [2.05, 4.69) is 67.3 Å². The molecule has 4 heteroatoms. The van der Waals surface area contributed by atoms with E-state index in [1.807, 2.05) is 11.8 Å². The molecule has 0 aromatic heterocycles. The third-order valence-corrected chi connectivity index (χ3v) is 6.31. The summed E-state index contributed by atoms with van der Waals surface area (Å²) in [7, 11) is 0. The molecule has 4 rings (SSSR count). The van der Waals surface area contributed by atoms with Crippen LogP contribution >= 0.6 is 28.7 Å². The van der Waals surface area contributed by atoms with Gasteiger partial charge in [-0.05, 0) is 56.0 Å². The number of fused-ring (bicyclic) bond motifs is 1. The molecular formula is C23H27BrN2S. The van der Waals surface area contributed by atoms with Gasteiger partial charge in [-0.15, -0.1) is 17.0 Å². The first-order valence-electron chi connectivity index (χ1n) is 9.56. The Morgan fingerprint density at radius 1 is 0.889 bits per heavy atom. The number of benzene rings is 2. The Labute approximate surface area is 177 Å². The summed E-state index contributed by atoms with van der Waals surface area (Å²) in [5.41, 5.74) is 6.73. The first-order chi connectivity index (χ1) is 12.7. The summed E-state index contributed by atoms with van der Waals surface area (Å²) in [6, 6.07) is 17.9. The van der Waals surface area contributed by atoms with E-state index < -0.39 is 0 Å². The van der Waals surface area contributed by atoms with E-state index in [1.54, 1.807) is 0 Å². The SMILES string of the molecule is Br.Cc1ccc(CC2=C(c3ccc(C)cc3)S/C3=N/CCCCCN23)cc1. The van der Waals surface area contributed by atoms with E-state index in [9.17, 15) is 0 Å². The first-order valence-corrected chi connectivity index (χ1v) is 10.4. The molecule has 0 atom stereocenters. The molecule has 0 saturated carbocycles. The molecule has 0 spiro atoms. The standard InChI is InChI=1S/C23H26N2S.BrH/c1-17-6-10-19(11-7-17)16-21-22(20-12-8-18(2)9-13-20)26-23-24-14-4-3-5-15-25(21)23;/h6-13H,3-5,14-16H2,1-2H3;1H/b24-23+;. The molecule has 0 radical (unpaired) electrons. The number of aliphatic imine (C=N–C) groups is 1. The summed E-state index contributed by atoms with van der Waals surface area (Å²) in [5, 5.41) is 1.20. The molecule has 0 aliphatic carbocycles. The molecule has 2 aliphatic heterocycles. The third-order valence-electron chi connectivity index (χ3n) is 5.11. The van der Waals surface area contributed by atoms with Crippen LogP contribution in [0.1, 0.15) is 41.5 Å². The van der Waals surface area contributed by atoms with Crippen molar-refractivity contribution in [2.45, 2.75) is 39.5 Å². The van der Waals surface area contributed by atoms with Crippen molar-refractivity contribution in [2.75, 3.05) is 13.1 Å². The summed E-state index contributed by atoms with van der Waals surface area (Å²) >= 11 is 1.86. The van der Waals surface area contributed by atoms with E-state index in [1.165, 1.54) is 57.3 Å². The maximum atomic E-state index is 4.91. The highest BCUT2D eigenvalue weighted by Crippen LogP contribution is 2.43. The van der Waals surface area contributed by atoms with Crippen LogP contribution in [0.4, 0.5) is 0 Å². The van der Waals surface area contributed by atoms with Crippen LogP contribution in [-0.2, 0) is 6.42 Å². The Bertz CT molecular complexity index is 838. The Balaban J connectivity index is 0.00000210. The normalized spacial score (nSPS) is 18.9. The van der Waals surface area contributed by atoms with Crippen LogP contribution in [0.3, 0.4) is 0 Å². The molecule has 2 aliphatic rings. The van der Waals surface area contributed by atoms with Gasteiger partial charge >= 0.3 is 0 Å². The smallest absolute Gasteiger partial charge is 0.168 e. The minimum Gasteiger partial charge on any atom is -0.323 e. The Hall–Kier alpha value is -1.52. The minimum absolute atomic E-state index is 0. The van der Waals surface area contributed by atoms with Gasteiger partial charge < -0.3 is 4.90 Å². The molecule has 0 amide bonds. The van der Waals surface area contributed by atoms with Gasteiger partial charge in [0.15, 0.2) is 5.17 Å². The Kier molecular flexibility index (Phi) is 6.83. The summed E-state index contributed by atoms with van der Waals surface area (Å²) in [4.78, 5) is 8.77. The second-order valence-electron chi connectivity index (χ2n) is 7.28. The average molecular weight is 443 g/mol. The monoisotopic (exact) mass is 442 g/mol. The quantitative estimate of drug-likeness (QED) is 0.547. The lowest BCUT2D eigenvalue weighted by Gasteiger charge is -2.24. The number of thioether (sulfide) groups is 1. The van der Waals surface area contributed by atoms with E-state index in [4.69, 9.17) is 4.99 Å². The van der Waals surface area contributed by atoms with Crippen LogP contribution in [-0.4, -0.2) is 23.2 Å². The maximum absolute atomic E-state index is 4.91. The van der Waals surface area contributed by atoms with Gasteiger partial charge in [-0.1, -0.05) is 59.7 Å². The summed E-state index contributed by atoms with van der Waals surface area (Å²) in [6.07, 6.45) is 4.70. The largest absolute Gasteiger partial charge is 0.323 e. The van der Waals surface area contributed by atoms with Crippen molar-refractivity contribution >= 4 is 38.8 Å². The molecule has 0 N–H and O–H groups in total. The van der Waals surface area contributed by atoms with Gasteiger partial charge in [-0.2, -0.15) is 0 Å². The molecule has 142 valence electrons. The lowest BCUT2D eigenvalue weighted by molar-refractivity contribution is 0.470. The molecular weight excluding hydrogens is 416 g/mol. The number of nitrogens with zero attached hydrogens (tertiary/aromatic N) is 2. The van der Waals surface area contributed by atoms with Crippen LogP contribution in [0.5, 0.6) is 0 Å². The number of hydrogen-bond donors (Lipinski definition) is 0. The maximum Gasteiger partial charge on any atom is 0.168 e. The van der Waals surface area contributed by atoms with Crippen LogP contribution in [0, 0.1) is 13.8 Å². The zero-order valence-corrected chi connectivity index (χ0v) is 18.6. The minimum atomic E-state index is 0. The lowest BCUT2D eigenvalue weighted by Crippen LogP contribution is -2.28. The highest BCUT2D eigenvalue weighted by molar-refractivity contribution is 8.93. The van der Waals surface area contributed by atoms with Crippen molar-refractivity contribution in [3.8, 4) is 0 Å². The predicted octanol–water partition coefficient (Wildman–Crippen LogP) is 6.38. The van der Waals surface area contributed by atoms with Gasteiger partial charge in [-0.3, -0.25) is 4.99 Å². The number of aryl methyl sites for hydroxylation is 2. The zero-order valence-electron chi connectivity index (χ0n) is 16.1. The van der Waals surface area contributed by atoms with Crippen molar-refractivity contribution in [1.29, 1.82) is 0 Å². The molecule has 0 bridgehead atoms. The van der Waals surface area contributed by atoms with E-state index in [0.717, 1.165) is 19.5 Å². The van der Waals surface area contributed by atoms with Crippen molar-refractivity contribution in [3.63, 3.8) is 0 Å². The second-order valence-corrected chi connectivity index (χ2v) is 8.26. The van der Waals surface area contributed by atoms with Crippen molar-refractivity contribution < 1.29 is 0 Å². The number of amidine groups is 1. The summed E-state index contributed by atoms with van der Waals surface area (Å²) < 4.78 is 0. The second kappa shape index (κ2) is 9.11. The molecule has 2 nitrogen and oxygen atoms in total. The van der Waals surface area contributed by atoms with Crippen molar-refractivity contribution in [2.24, 2.45) is 4.99 Å². The number of hydrogen-bond acceptors (Lipinski definition) is 3. The molecule has 0 saturated heterocycles. The number of allylic oxidation sites excluding steroid dienone is 1. The molecule has 0 unspecified atom stereocenters. The first kappa shape index (κ1) is 20.2. The lowest BCUT2D eigenvalue weighted by atomic mass is 10.0. The molecule has 2 heterocycles. The fourth-order valence-electron chi connectivity index (χ4n) is 3.53. The summed E-state index contributed by atoms with van der Waals surface area (Å²) in [5.74, 6) is 0. The number of halogens is 1. The predicted molar refractivity (Wildman–Crippen MR) is 124 cm³/mol. The topological polar surface area (TPSA) is 15.6 Å². The van der Waals surface area contributed by atoms with Crippen molar-refractivity contribution in [3.05, 3.63) is 76.5 Å². The Morgan fingerprint density at radius 2 is 1.56 bits per heavy atom. The summed E-state index contributed by atoms with van der Waals surface area (Å²) in [6.45, 7) is 6.34. The fraction of sp³-hybridized carbons (Fsp3) is 0.348. The van der Waals surface area contributed by atoms with Gasteiger partial charge in [-0.25, -0.2) is 0 Å². The molecule has 27 heavy (non-hydrogen) atoms. The highest BCUT2D eigenvalue weighted by atomic mass is 79.9. The van der Waals surface area contributed by atoms with E-state index >= 15 is 0 Å². The fourth-order valence-corrected chi connectivity index (χ4v) is 4.73. The van der Waals surface area contributed by atoms with Crippen LogP contribution in [0.2, 0.25) is 0 Å². The van der Waals surface area contributed by atoms with Crippen LogP contribution < -0.4 is 0 Å². The molecule has 2 aromatic rings. The number of rotatable bonds is 3. The molecule has 2 aromatic carbocycles. The van der Waals surface area contributed by atoms with Gasteiger partial charge in [0.2, 0.25) is 0 Å². The zero-order chi connectivity index (χ0) is 17.9. The van der Waals surface area contributed by atoms with Crippen molar-refractivity contribution in [1.82, 2.24) is 4.90 Å².